The first-order valence-corrected chi connectivity index (χ1v) is 12.3. The van der Waals surface area contributed by atoms with Crippen molar-refractivity contribution >= 4 is 26.9 Å². The average Bonchev–Trinajstić information content (AvgIpc) is 2.67. The number of nitro groups is 1. The molecule has 172 valence electrons. The van der Waals surface area contributed by atoms with E-state index in [4.69, 9.17) is 4.74 Å². The van der Waals surface area contributed by atoms with Gasteiger partial charge < -0.3 is 9.29 Å². The van der Waals surface area contributed by atoms with Crippen LogP contribution in [0.25, 0.3) is 0 Å². The van der Waals surface area contributed by atoms with Gasteiger partial charge in [0.05, 0.1) is 16.7 Å². The summed E-state index contributed by atoms with van der Waals surface area (Å²) in [5, 5.41) is 20.9. The van der Waals surface area contributed by atoms with E-state index in [9.17, 15) is 32.7 Å². The van der Waals surface area contributed by atoms with E-state index in [-0.39, 0.29) is 31.6 Å². The van der Waals surface area contributed by atoms with Crippen LogP contribution in [0.5, 0.6) is 0 Å². The summed E-state index contributed by atoms with van der Waals surface area (Å²) in [7, 11) is -4.22. The van der Waals surface area contributed by atoms with Gasteiger partial charge in [-0.2, -0.15) is 5.26 Å². The Morgan fingerprint density at radius 3 is 2.39 bits per heavy atom. The zero-order chi connectivity index (χ0) is 23.7. The normalized spacial score (nSPS) is 19.8. The molecule has 12 heteroatoms. The Kier molecular flexibility index (Phi) is 7.39. The van der Waals surface area contributed by atoms with Crippen LogP contribution in [-0.2, 0) is 31.5 Å². The number of rotatable bonds is 7. The summed E-state index contributed by atoms with van der Waals surface area (Å²) >= 11 is -1.85. The molecule has 9 nitrogen and oxygen atoms in total. The molecule has 0 aliphatic carbocycles. The minimum absolute atomic E-state index is 0.0539. The van der Waals surface area contributed by atoms with Crippen LogP contribution in [0.3, 0.4) is 0 Å². The number of hydrogen-bond acceptors (Lipinski definition) is 8. The van der Waals surface area contributed by atoms with Gasteiger partial charge in [0.1, 0.15) is 16.1 Å². The maximum absolute atomic E-state index is 14.8. The van der Waals surface area contributed by atoms with Crippen molar-refractivity contribution in [3.05, 3.63) is 39.7 Å². The molecule has 0 amide bonds. The highest BCUT2D eigenvalue weighted by Gasteiger charge is 2.51. The number of sulfone groups is 1. The SMILES string of the molecule is CC(C)(C)[S+]([O-])N[C@@](C)(CS(=O)(=O)C1(C#N)CCOCC1)c1cc([N+](=O)[O-])ccc1F. The second kappa shape index (κ2) is 8.99. The number of nitrogens with one attached hydrogen (secondary N) is 1. The smallest absolute Gasteiger partial charge is 0.269 e. The van der Waals surface area contributed by atoms with Gasteiger partial charge in [0.25, 0.3) is 5.69 Å². The number of nitro benzene ring substituents is 1. The molecule has 31 heavy (non-hydrogen) atoms. The minimum Gasteiger partial charge on any atom is -0.598 e. The highest BCUT2D eigenvalue weighted by molar-refractivity contribution is 7.93. The number of nitrogens with zero attached hydrogens (tertiary/aromatic N) is 2. The molecule has 1 unspecified atom stereocenters. The second-order valence-corrected chi connectivity index (χ2v) is 13.0. The largest absolute Gasteiger partial charge is 0.598 e. The van der Waals surface area contributed by atoms with Gasteiger partial charge in [-0.25, -0.2) is 12.8 Å². The van der Waals surface area contributed by atoms with Gasteiger partial charge in [-0.05, 0) is 33.8 Å². The Balaban J connectivity index is 2.62. The Morgan fingerprint density at radius 2 is 1.90 bits per heavy atom. The molecular formula is C19H26FN3O6S2. The van der Waals surface area contributed by atoms with E-state index < -0.39 is 58.4 Å². The molecule has 1 aromatic rings. The van der Waals surface area contributed by atoms with E-state index in [0.717, 1.165) is 18.2 Å². The zero-order valence-corrected chi connectivity index (χ0v) is 19.4. The van der Waals surface area contributed by atoms with Crippen molar-refractivity contribution in [2.75, 3.05) is 19.0 Å². The maximum Gasteiger partial charge on any atom is 0.269 e. The highest BCUT2D eigenvalue weighted by Crippen LogP contribution is 2.37. The molecule has 0 radical (unpaired) electrons. The van der Waals surface area contributed by atoms with Gasteiger partial charge in [0.2, 0.25) is 0 Å². The van der Waals surface area contributed by atoms with Crippen LogP contribution >= 0.6 is 0 Å². The molecule has 0 bridgehead atoms. The van der Waals surface area contributed by atoms with Crippen molar-refractivity contribution in [3.8, 4) is 6.07 Å². The lowest BCUT2D eigenvalue weighted by Crippen LogP contribution is -2.56. The second-order valence-electron chi connectivity index (χ2n) is 8.71. The summed E-state index contributed by atoms with van der Waals surface area (Å²) < 4.78 is 59.8. The molecule has 2 atom stereocenters. The Bertz CT molecular complexity index is 983. The predicted octanol–water partition coefficient (Wildman–Crippen LogP) is 2.49. The Morgan fingerprint density at radius 1 is 1.32 bits per heavy atom. The third-order valence-electron chi connectivity index (χ3n) is 5.21. The lowest BCUT2D eigenvalue weighted by atomic mass is 9.94. The third kappa shape index (κ3) is 5.35. The molecule has 0 saturated carbocycles. The van der Waals surface area contributed by atoms with Gasteiger partial charge in [0, 0.05) is 55.1 Å². The summed E-state index contributed by atoms with van der Waals surface area (Å²) in [5.41, 5.74) is -2.57. The van der Waals surface area contributed by atoms with Crippen molar-refractivity contribution in [2.24, 2.45) is 0 Å². The summed E-state index contributed by atoms with van der Waals surface area (Å²) in [4.78, 5) is 10.5. The fraction of sp³-hybridized carbons (Fsp3) is 0.632. The molecule has 1 aliphatic rings. The van der Waals surface area contributed by atoms with E-state index in [1.54, 1.807) is 20.8 Å². The van der Waals surface area contributed by atoms with Crippen molar-refractivity contribution in [3.63, 3.8) is 0 Å². The average molecular weight is 476 g/mol. The number of halogens is 1. The van der Waals surface area contributed by atoms with E-state index in [1.165, 1.54) is 6.92 Å². The summed E-state index contributed by atoms with van der Waals surface area (Å²) in [5.74, 6) is -1.67. The van der Waals surface area contributed by atoms with E-state index in [0.29, 0.717) is 0 Å². The fourth-order valence-electron chi connectivity index (χ4n) is 3.28. The molecule has 1 fully saturated rings. The first-order valence-electron chi connectivity index (χ1n) is 9.53. The van der Waals surface area contributed by atoms with Crippen LogP contribution in [0.1, 0.15) is 46.1 Å². The molecule has 1 aromatic carbocycles. The van der Waals surface area contributed by atoms with Crippen LogP contribution in [0.2, 0.25) is 0 Å². The molecule has 0 spiro atoms. The first-order chi connectivity index (χ1) is 14.2. The number of non-ortho nitro benzene ring substituents is 1. The number of hydrogen-bond donors (Lipinski definition) is 1. The quantitative estimate of drug-likeness (QED) is 0.360. The van der Waals surface area contributed by atoms with E-state index in [2.05, 4.69) is 4.72 Å². The summed E-state index contributed by atoms with van der Waals surface area (Å²) in [6.07, 6.45) is -0.108. The van der Waals surface area contributed by atoms with Crippen LogP contribution in [-0.4, -0.2) is 46.4 Å². The molecular weight excluding hydrogens is 449 g/mol. The van der Waals surface area contributed by atoms with E-state index in [1.807, 2.05) is 6.07 Å². The van der Waals surface area contributed by atoms with Gasteiger partial charge in [0.15, 0.2) is 14.6 Å². The van der Waals surface area contributed by atoms with Crippen molar-refractivity contribution in [1.29, 1.82) is 5.26 Å². The standard InChI is InChI=1S/C19H26FN3O6S2/c1-17(2,3)30(26)22-18(4,15-11-14(23(24)25)5-6-16(15)20)13-31(27,28)19(12-21)7-9-29-10-8-19/h5-6,11,22H,7-10,13H2,1-4H3/t18-,30?/m0/s1. The van der Waals surface area contributed by atoms with Gasteiger partial charge >= 0.3 is 0 Å². The number of ether oxygens (including phenoxy) is 1. The topological polar surface area (TPSA) is 145 Å². The van der Waals surface area contributed by atoms with Gasteiger partial charge in [-0.1, -0.05) is 0 Å². The van der Waals surface area contributed by atoms with E-state index >= 15 is 0 Å². The minimum atomic E-state index is -4.22. The fourth-order valence-corrected chi connectivity index (χ4v) is 6.46. The lowest BCUT2D eigenvalue weighted by Gasteiger charge is -2.38. The third-order valence-corrected chi connectivity index (χ3v) is 9.60. The van der Waals surface area contributed by atoms with Crippen LogP contribution < -0.4 is 4.72 Å². The molecule has 0 aromatic heterocycles. The molecule has 1 N–H and O–H groups in total. The number of benzene rings is 1. The number of nitriles is 1. The molecule has 1 heterocycles. The van der Waals surface area contributed by atoms with Gasteiger partial charge in [-0.3, -0.25) is 10.1 Å². The van der Waals surface area contributed by atoms with Crippen molar-refractivity contribution < 1.29 is 27.0 Å². The zero-order valence-electron chi connectivity index (χ0n) is 17.8. The van der Waals surface area contributed by atoms with Gasteiger partial charge in [-0.15, -0.1) is 4.72 Å². The monoisotopic (exact) mass is 475 g/mol. The van der Waals surface area contributed by atoms with Crippen LogP contribution in [0.15, 0.2) is 18.2 Å². The summed E-state index contributed by atoms with van der Waals surface area (Å²) in [6, 6.07) is 4.65. The lowest BCUT2D eigenvalue weighted by molar-refractivity contribution is -0.385. The Labute approximate surface area is 184 Å². The molecule has 1 aliphatic heterocycles. The summed E-state index contributed by atoms with van der Waals surface area (Å²) in [6.45, 7) is 6.41. The van der Waals surface area contributed by atoms with Crippen LogP contribution in [0, 0.1) is 27.3 Å². The maximum atomic E-state index is 14.8. The van der Waals surface area contributed by atoms with Crippen molar-refractivity contribution in [1.82, 2.24) is 4.72 Å². The highest BCUT2D eigenvalue weighted by atomic mass is 32.2. The molecule has 2 rings (SSSR count). The Hall–Kier alpha value is -1.78. The first kappa shape index (κ1) is 25.5. The predicted molar refractivity (Wildman–Crippen MR) is 114 cm³/mol. The molecule has 1 saturated heterocycles. The van der Waals surface area contributed by atoms with Crippen LogP contribution in [0.4, 0.5) is 10.1 Å². The van der Waals surface area contributed by atoms with Crippen molar-refractivity contribution in [2.45, 2.75) is 55.6 Å².